The first kappa shape index (κ1) is 15.4. The zero-order chi connectivity index (χ0) is 14.5. The highest BCUT2D eigenvalue weighted by Gasteiger charge is 2.26. The molecule has 0 aromatic heterocycles. The van der Waals surface area contributed by atoms with Gasteiger partial charge in [-0.1, -0.05) is 13.8 Å². The minimum atomic E-state index is -0.501. The summed E-state index contributed by atoms with van der Waals surface area (Å²) in [5, 5.41) is 12.1. The van der Waals surface area contributed by atoms with Gasteiger partial charge in [-0.3, -0.25) is 4.79 Å². The Morgan fingerprint density at radius 1 is 1.42 bits per heavy atom. The highest BCUT2D eigenvalue weighted by molar-refractivity contribution is 5.99. The number of rotatable bonds is 6. The van der Waals surface area contributed by atoms with Crippen molar-refractivity contribution in [1.82, 2.24) is 5.32 Å². The lowest BCUT2D eigenvalue weighted by Gasteiger charge is -2.29. The molecule has 106 valence electrons. The standard InChI is InChI=1S/C14H21FN2O2/c1-3-14(4-2,9-18)8-17-13(19)11-7-10(15)5-6-12(11)16/h5-7,18H,3-4,8-9,16H2,1-2H3,(H,17,19). The molecule has 0 fully saturated rings. The van der Waals surface area contributed by atoms with Crippen molar-refractivity contribution >= 4 is 11.6 Å². The summed E-state index contributed by atoms with van der Waals surface area (Å²) >= 11 is 0. The molecule has 1 aromatic rings. The van der Waals surface area contributed by atoms with Gasteiger partial charge in [0.1, 0.15) is 5.82 Å². The molecule has 5 heteroatoms. The Balaban J connectivity index is 2.77. The lowest BCUT2D eigenvalue weighted by atomic mass is 9.83. The van der Waals surface area contributed by atoms with Crippen molar-refractivity contribution in [3.05, 3.63) is 29.6 Å². The van der Waals surface area contributed by atoms with Crippen LogP contribution >= 0.6 is 0 Å². The number of carbonyl (C=O) groups excluding carboxylic acids is 1. The van der Waals surface area contributed by atoms with Gasteiger partial charge in [0.2, 0.25) is 0 Å². The van der Waals surface area contributed by atoms with Crippen LogP contribution in [-0.4, -0.2) is 24.2 Å². The molecule has 1 aromatic carbocycles. The summed E-state index contributed by atoms with van der Waals surface area (Å²) in [6.07, 6.45) is 1.50. The third-order valence-corrected chi connectivity index (χ3v) is 3.72. The van der Waals surface area contributed by atoms with Gasteiger partial charge < -0.3 is 16.2 Å². The van der Waals surface area contributed by atoms with E-state index in [0.29, 0.717) is 6.54 Å². The van der Waals surface area contributed by atoms with E-state index in [-0.39, 0.29) is 23.3 Å². The first-order chi connectivity index (χ1) is 8.98. The number of aliphatic hydroxyl groups excluding tert-OH is 1. The lowest BCUT2D eigenvalue weighted by molar-refractivity contribution is 0.0851. The van der Waals surface area contributed by atoms with Crippen LogP contribution < -0.4 is 11.1 Å². The van der Waals surface area contributed by atoms with E-state index in [2.05, 4.69) is 5.32 Å². The van der Waals surface area contributed by atoms with Crippen molar-refractivity contribution in [3.8, 4) is 0 Å². The molecule has 0 unspecified atom stereocenters. The number of benzene rings is 1. The third kappa shape index (κ3) is 3.67. The second-order valence-electron chi connectivity index (χ2n) is 4.78. The minimum Gasteiger partial charge on any atom is -0.398 e. The fourth-order valence-corrected chi connectivity index (χ4v) is 1.87. The zero-order valence-electron chi connectivity index (χ0n) is 11.4. The Bertz CT molecular complexity index is 437. The molecule has 0 aliphatic carbocycles. The number of nitrogens with two attached hydrogens (primary N) is 1. The predicted molar refractivity (Wildman–Crippen MR) is 73.2 cm³/mol. The molecule has 4 nitrogen and oxygen atoms in total. The quantitative estimate of drug-likeness (QED) is 0.690. The lowest BCUT2D eigenvalue weighted by Crippen LogP contribution is -2.39. The molecule has 0 aliphatic heterocycles. The molecule has 0 saturated carbocycles. The SMILES string of the molecule is CCC(CC)(CO)CNC(=O)c1cc(F)ccc1N. The number of aliphatic hydroxyl groups is 1. The van der Waals surface area contributed by atoms with Crippen molar-refractivity contribution in [2.75, 3.05) is 18.9 Å². The van der Waals surface area contributed by atoms with Crippen LogP contribution in [0.2, 0.25) is 0 Å². The number of halogens is 1. The van der Waals surface area contributed by atoms with Gasteiger partial charge in [-0.25, -0.2) is 4.39 Å². The zero-order valence-corrected chi connectivity index (χ0v) is 11.4. The second-order valence-corrected chi connectivity index (χ2v) is 4.78. The Morgan fingerprint density at radius 3 is 2.58 bits per heavy atom. The summed E-state index contributed by atoms with van der Waals surface area (Å²) < 4.78 is 13.1. The highest BCUT2D eigenvalue weighted by Crippen LogP contribution is 2.24. The van der Waals surface area contributed by atoms with E-state index in [1.165, 1.54) is 12.1 Å². The predicted octanol–water partition coefficient (Wildman–Crippen LogP) is 1.94. The van der Waals surface area contributed by atoms with Gasteiger partial charge in [-0.2, -0.15) is 0 Å². The van der Waals surface area contributed by atoms with Crippen LogP contribution in [-0.2, 0) is 0 Å². The van der Waals surface area contributed by atoms with Crippen molar-refractivity contribution in [2.24, 2.45) is 5.41 Å². The first-order valence-corrected chi connectivity index (χ1v) is 6.42. The van der Waals surface area contributed by atoms with Gasteiger partial charge in [0.25, 0.3) is 5.91 Å². The number of carbonyl (C=O) groups is 1. The molecule has 4 N–H and O–H groups in total. The van der Waals surface area contributed by atoms with E-state index < -0.39 is 11.7 Å². The molecule has 0 atom stereocenters. The summed E-state index contributed by atoms with van der Waals surface area (Å²) in [4.78, 5) is 12.0. The second kappa shape index (κ2) is 6.52. The van der Waals surface area contributed by atoms with Crippen LogP contribution in [0.15, 0.2) is 18.2 Å². The van der Waals surface area contributed by atoms with Crippen LogP contribution in [0.3, 0.4) is 0 Å². The summed E-state index contributed by atoms with van der Waals surface area (Å²) in [6.45, 7) is 4.26. The maximum absolute atomic E-state index is 13.1. The smallest absolute Gasteiger partial charge is 0.253 e. The molecule has 0 radical (unpaired) electrons. The molecule has 0 spiro atoms. The Kier molecular flexibility index (Phi) is 5.30. The Hall–Kier alpha value is -1.62. The van der Waals surface area contributed by atoms with Crippen LogP contribution in [0, 0.1) is 11.2 Å². The van der Waals surface area contributed by atoms with Crippen molar-refractivity contribution in [1.29, 1.82) is 0 Å². The summed E-state index contributed by atoms with van der Waals surface area (Å²) in [7, 11) is 0. The van der Waals surface area contributed by atoms with Gasteiger partial charge in [-0.15, -0.1) is 0 Å². The average Bonchev–Trinajstić information content (AvgIpc) is 2.43. The minimum absolute atomic E-state index is 0.00108. The highest BCUT2D eigenvalue weighted by atomic mass is 19.1. The van der Waals surface area contributed by atoms with Crippen LogP contribution in [0.4, 0.5) is 10.1 Å². The van der Waals surface area contributed by atoms with Crippen molar-refractivity contribution in [2.45, 2.75) is 26.7 Å². The summed E-state index contributed by atoms with van der Waals surface area (Å²) in [6, 6.07) is 3.69. The Labute approximate surface area is 112 Å². The first-order valence-electron chi connectivity index (χ1n) is 6.42. The molecular weight excluding hydrogens is 247 g/mol. The summed E-state index contributed by atoms with van der Waals surface area (Å²) in [5.74, 6) is -0.921. The molecule has 0 heterocycles. The molecule has 0 bridgehead atoms. The van der Waals surface area contributed by atoms with E-state index in [0.717, 1.165) is 18.9 Å². The molecule has 0 saturated heterocycles. The van der Waals surface area contributed by atoms with Crippen LogP contribution in [0.1, 0.15) is 37.0 Å². The number of hydrogen-bond acceptors (Lipinski definition) is 3. The molecular formula is C14H21FN2O2. The number of nitrogens with one attached hydrogen (secondary N) is 1. The molecule has 1 amide bonds. The number of hydrogen-bond donors (Lipinski definition) is 3. The molecule has 1 rings (SSSR count). The number of anilines is 1. The average molecular weight is 268 g/mol. The van der Waals surface area contributed by atoms with Crippen molar-refractivity contribution < 1.29 is 14.3 Å². The maximum Gasteiger partial charge on any atom is 0.253 e. The van der Waals surface area contributed by atoms with E-state index >= 15 is 0 Å². The van der Waals surface area contributed by atoms with Crippen LogP contribution in [0.5, 0.6) is 0 Å². The maximum atomic E-state index is 13.1. The van der Waals surface area contributed by atoms with E-state index in [4.69, 9.17) is 5.73 Å². The Morgan fingerprint density at radius 2 is 2.05 bits per heavy atom. The van der Waals surface area contributed by atoms with Crippen molar-refractivity contribution in [3.63, 3.8) is 0 Å². The molecule has 0 aliphatic rings. The fraction of sp³-hybridized carbons (Fsp3) is 0.500. The van der Waals surface area contributed by atoms with E-state index in [1.807, 2.05) is 13.8 Å². The van der Waals surface area contributed by atoms with E-state index in [1.54, 1.807) is 0 Å². The van der Waals surface area contributed by atoms with Gasteiger partial charge >= 0.3 is 0 Å². The normalized spacial score (nSPS) is 11.4. The van der Waals surface area contributed by atoms with Gasteiger partial charge in [0, 0.05) is 17.6 Å². The van der Waals surface area contributed by atoms with Gasteiger partial charge in [0.05, 0.1) is 12.2 Å². The topological polar surface area (TPSA) is 75.3 Å². The third-order valence-electron chi connectivity index (χ3n) is 3.72. The molecule has 19 heavy (non-hydrogen) atoms. The van der Waals surface area contributed by atoms with Crippen LogP contribution in [0.25, 0.3) is 0 Å². The summed E-state index contributed by atoms with van der Waals surface area (Å²) in [5.41, 5.74) is 5.68. The number of amides is 1. The fourth-order valence-electron chi connectivity index (χ4n) is 1.87. The van der Waals surface area contributed by atoms with E-state index in [9.17, 15) is 14.3 Å². The number of nitrogen functional groups attached to an aromatic ring is 1. The largest absolute Gasteiger partial charge is 0.398 e. The van der Waals surface area contributed by atoms with Gasteiger partial charge in [0.15, 0.2) is 0 Å². The monoisotopic (exact) mass is 268 g/mol. The van der Waals surface area contributed by atoms with Gasteiger partial charge in [-0.05, 0) is 31.0 Å².